The van der Waals surface area contributed by atoms with Crippen LogP contribution in [0.15, 0.2) is 0 Å². The zero-order chi connectivity index (χ0) is 15.7. The van der Waals surface area contributed by atoms with Crippen molar-refractivity contribution in [3.05, 3.63) is 0 Å². The summed E-state index contributed by atoms with van der Waals surface area (Å²) in [5.74, 6) is -0.953. The molecule has 1 aliphatic heterocycles. The van der Waals surface area contributed by atoms with Crippen molar-refractivity contribution in [3.63, 3.8) is 0 Å². The van der Waals surface area contributed by atoms with E-state index in [-0.39, 0.29) is 25.6 Å². The van der Waals surface area contributed by atoms with E-state index in [2.05, 4.69) is 10.2 Å². The molecule has 1 aliphatic rings. The topological polar surface area (TPSA) is 102 Å². The van der Waals surface area contributed by atoms with Gasteiger partial charge in [0.05, 0.1) is 19.1 Å². The Kier molecular flexibility index (Phi) is 8.03. The van der Waals surface area contributed by atoms with Gasteiger partial charge in [0.2, 0.25) is 0 Å². The number of hydrogen-bond donors (Lipinski definition) is 3. The van der Waals surface area contributed by atoms with Crippen molar-refractivity contribution in [1.29, 1.82) is 0 Å². The number of carbonyl (C=O) groups is 2. The summed E-state index contributed by atoms with van der Waals surface area (Å²) in [7, 11) is 1.43. The fraction of sp³-hybridized carbons (Fsp3) is 0.846. The number of carboxylic acid groups (broad SMARTS) is 1. The van der Waals surface area contributed by atoms with E-state index in [0.717, 1.165) is 19.5 Å². The molecule has 8 heteroatoms. The molecule has 1 saturated heterocycles. The molecule has 0 radical (unpaired) electrons. The zero-order valence-corrected chi connectivity index (χ0v) is 12.5. The molecule has 0 saturated carbocycles. The van der Waals surface area contributed by atoms with Crippen molar-refractivity contribution in [2.45, 2.75) is 18.9 Å². The van der Waals surface area contributed by atoms with Gasteiger partial charge in [0.25, 0.3) is 0 Å². The molecule has 122 valence electrons. The highest BCUT2D eigenvalue weighted by Gasteiger charge is 2.20. The number of aliphatic hydroxyl groups excluding tert-OH is 1. The predicted molar refractivity (Wildman–Crippen MR) is 76.2 cm³/mol. The van der Waals surface area contributed by atoms with Crippen molar-refractivity contribution in [2.24, 2.45) is 0 Å². The number of ether oxygens (including phenoxy) is 1. The molecule has 3 N–H and O–H groups in total. The zero-order valence-electron chi connectivity index (χ0n) is 12.5. The summed E-state index contributed by atoms with van der Waals surface area (Å²) < 4.78 is 5.02. The van der Waals surface area contributed by atoms with Crippen LogP contribution in [-0.4, -0.2) is 91.1 Å². The second-order valence-electron chi connectivity index (χ2n) is 5.05. The van der Waals surface area contributed by atoms with Gasteiger partial charge in [-0.2, -0.15) is 0 Å². The Bertz CT molecular complexity index is 340. The number of amides is 2. The minimum atomic E-state index is -0.953. The van der Waals surface area contributed by atoms with Crippen molar-refractivity contribution in [1.82, 2.24) is 15.1 Å². The third-order valence-electron chi connectivity index (χ3n) is 3.51. The van der Waals surface area contributed by atoms with Crippen LogP contribution in [0, 0.1) is 0 Å². The lowest BCUT2D eigenvalue weighted by molar-refractivity contribution is -0.139. The van der Waals surface area contributed by atoms with E-state index in [1.54, 1.807) is 4.90 Å². The molecule has 0 aliphatic carbocycles. The number of carbonyl (C=O) groups excluding carboxylic acids is 1. The van der Waals surface area contributed by atoms with Gasteiger partial charge in [0.1, 0.15) is 0 Å². The molecule has 1 fully saturated rings. The Hall–Kier alpha value is -1.38. The smallest absolute Gasteiger partial charge is 0.317 e. The maximum atomic E-state index is 12.1. The SMILES string of the molecule is COC(CNC(=O)N1CCCN(CCO)CC1)CC(=O)O. The first kappa shape index (κ1) is 17.7. The van der Waals surface area contributed by atoms with Gasteiger partial charge in [-0.15, -0.1) is 0 Å². The van der Waals surface area contributed by atoms with Crippen molar-refractivity contribution in [2.75, 3.05) is 53.0 Å². The number of aliphatic hydroxyl groups is 1. The summed E-state index contributed by atoms with van der Waals surface area (Å²) in [5.41, 5.74) is 0. The molecule has 1 rings (SSSR count). The molecule has 0 aromatic carbocycles. The molecular weight excluding hydrogens is 278 g/mol. The first-order valence-electron chi connectivity index (χ1n) is 7.17. The van der Waals surface area contributed by atoms with Gasteiger partial charge >= 0.3 is 12.0 Å². The highest BCUT2D eigenvalue weighted by Crippen LogP contribution is 2.03. The average Bonchev–Trinajstić information content (AvgIpc) is 2.69. The normalized spacial score (nSPS) is 18.1. The van der Waals surface area contributed by atoms with Crippen LogP contribution >= 0.6 is 0 Å². The van der Waals surface area contributed by atoms with Crippen molar-refractivity contribution < 1.29 is 24.5 Å². The number of β-amino-alcohol motifs (C(OH)–C–C–N with tert-alkyl or cyclic N) is 1. The number of hydrogen-bond acceptors (Lipinski definition) is 5. The first-order valence-corrected chi connectivity index (χ1v) is 7.17. The van der Waals surface area contributed by atoms with Crippen LogP contribution in [-0.2, 0) is 9.53 Å². The maximum Gasteiger partial charge on any atom is 0.317 e. The molecule has 21 heavy (non-hydrogen) atoms. The number of nitrogens with zero attached hydrogens (tertiary/aromatic N) is 2. The Morgan fingerprint density at radius 2 is 2.05 bits per heavy atom. The van der Waals surface area contributed by atoms with Crippen LogP contribution in [0.5, 0.6) is 0 Å². The van der Waals surface area contributed by atoms with E-state index in [1.807, 2.05) is 0 Å². The van der Waals surface area contributed by atoms with Gasteiger partial charge in [-0.25, -0.2) is 4.79 Å². The molecule has 0 aromatic rings. The van der Waals surface area contributed by atoms with E-state index < -0.39 is 12.1 Å². The summed E-state index contributed by atoms with van der Waals surface area (Å²) in [6.07, 6.45) is 0.196. The summed E-state index contributed by atoms with van der Waals surface area (Å²) in [6, 6.07) is -0.201. The van der Waals surface area contributed by atoms with Crippen LogP contribution in [0.1, 0.15) is 12.8 Å². The molecule has 1 heterocycles. The Labute approximate surface area is 124 Å². The quantitative estimate of drug-likeness (QED) is 0.568. The number of nitrogens with one attached hydrogen (secondary N) is 1. The van der Waals surface area contributed by atoms with E-state index in [9.17, 15) is 9.59 Å². The molecule has 0 bridgehead atoms. The van der Waals surface area contributed by atoms with E-state index in [4.69, 9.17) is 14.9 Å². The molecule has 1 unspecified atom stereocenters. The summed E-state index contributed by atoms with van der Waals surface area (Å²) in [6.45, 7) is 3.78. The molecule has 8 nitrogen and oxygen atoms in total. The fourth-order valence-corrected chi connectivity index (χ4v) is 2.29. The number of carboxylic acids is 1. The van der Waals surface area contributed by atoms with Gasteiger partial charge in [0, 0.05) is 39.8 Å². The van der Waals surface area contributed by atoms with E-state index >= 15 is 0 Å². The van der Waals surface area contributed by atoms with Crippen molar-refractivity contribution in [3.8, 4) is 0 Å². The largest absolute Gasteiger partial charge is 0.481 e. The summed E-state index contributed by atoms with van der Waals surface area (Å²) in [4.78, 5) is 26.5. The first-order chi connectivity index (χ1) is 10.1. The second-order valence-corrected chi connectivity index (χ2v) is 5.05. The monoisotopic (exact) mass is 303 g/mol. The Balaban J connectivity index is 2.35. The molecular formula is C13H25N3O5. The predicted octanol–water partition coefficient (Wildman–Crippen LogP) is -0.814. The lowest BCUT2D eigenvalue weighted by Crippen LogP contribution is -2.45. The van der Waals surface area contributed by atoms with Crippen molar-refractivity contribution >= 4 is 12.0 Å². The minimum absolute atomic E-state index is 0.122. The highest BCUT2D eigenvalue weighted by atomic mass is 16.5. The van der Waals surface area contributed by atoms with E-state index in [1.165, 1.54) is 7.11 Å². The average molecular weight is 303 g/mol. The molecule has 2 amide bonds. The highest BCUT2D eigenvalue weighted by molar-refractivity contribution is 5.74. The lowest BCUT2D eigenvalue weighted by Gasteiger charge is -2.23. The number of methoxy groups -OCH3 is 1. The standard InChI is InChI=1S/C13H25N3O5/c1-21-11(9-12(18)19)10-14-13(20)16-4-2-3-15(5-6-16)7-8-17/h11,17H,2-10H2,1H3,(H,14,20)(H,18,19). The number of urea groups is 1. The van der Waals surface area contributed by atoms with Gasteiger partial charge in [-0.1, -0.05) is 0 Å². The van der Waals surface area contributed by atoms with Gasteiger partial charge < -0.3 is 25.2 Å². The third kappa shape index (κ3) is 6.74. The minimum Gasteiger partial charge on any atom is -0.481 e. The molecule has 0 aromatic heterocycles. The fourth-order valence-electron chi connectivity index (χ4n) is 2.29. The summed E-state index contributed by atoms with van der Waals surface area (Å²) in [5, 5.41) is 20.4. The number of aliphatic carboxylic acids is 1. The van der Waals surface area contributed by atoms with Gasteiger partial charge in [-0.05, 0) is 13.0 Å². The second kappa shape index (κ2) is 9.54. The van der Waals surface area contributed by atoms with Crippen LogP contribution in [0.2, 0.25) is 0 Å². The molecule has 1 atom stereocenters. The van der Waals surface area contributed by atoms with Crippen LogP contribution < -0.4 is 5.32 Å². The Morgan fingerprint density at radius 1 is 1.29 bits per heavy atom. The summed E-state index contributed by atoms with van der Waals surface area (Å²) >= 11 is 0. The van der Waals surface area contributed by atoms with Crippen LogP contribution in [0.25, 0.3) is 0 Å². The maximum absolute atomic E-state index is 12.1. The van der Waals surface area contributed by atoms with E-state index in [0.29, 0.717) is 19.6 Å². The third-order valence-corrected chi connectivity index (χ3v) is 3.51. The van der Waals surface area contributed by atoms with Gasteiger partial charge in [-0.3, -0.25) is 9.69 Å². The molecule has 0 spiro atoms. The Morgan fingerprint density at radius 3 is 2.67 bits per heavy atom. The number of rotatable bonds is 7. The lowest BCUT2D eigenvalue weighted by atomic mass is 10.2. The van der Waals surface area contributed by atoms with Crippen LogP contribution in [0.4, 0.5) is 4.79 Å². The van der Waals surface area contributed by atoms with Gasteiger partial charge in [0.15, 0.2) is 0 Å². The van der Waals surface area contributed by atoms with Crippen LogP contribution in [0.3, 0.4) is 0 Å².